The first-order valence-corrected chi connectivity index (χ1v) is 6.68. The molecular formula is C14H17ClFN3. The number of aryl methyl sites for hydroxylation is 1. The van der Waals surface area contributed by atoms with Crippen molar-refractivity contribution in [3.05, 3.63) is 53.3 Å². The monoisotopic (exact) mass is 281 g/mol. The lowest BCUT2D eigenvalue weighted by molar-refractivity contribution is 0.523. The maximum Gasteiger partial charge on any atom is 0.142 e. The quantitative estimate of drug-likeness (QED) is 0.822. The average Bonchev–Trinajstić information content (AvgIpc) is 2.91. The molecule has 0 saturated carbocycles. The average molecular weight is 282 g/mol. The van der Waals surface area contributed by atoms with Crippen molar-refractivity contribution in [3.8, 4) is 0 Å². The molecule has 1 aromatic heterocycles. The Morgan fingerprint density at radius 2 is 2.32 bits per heavy atom. The van der Waals surface area contributed by atoms with Gasteiger partial charge in [-0.25, -0.2) is 9.37 Å². The van der Waals surface area contributed by atoms with Crippen LogP contribution in [-0.4, -0.2) is 16.1 Å². The van der Waals surface area contributed by atoms with Crippen LogP contribution in [0.4, 0.5) is 4.39 Å². The summed E-state index contributed by atoms with van der Waals surface area (Å²) in [4.78, 5) is 3.99. The standard InChI is InChI=1S/C14H17ClFN3/c1-11(12-3-4-13(15)14(16)9-12)18-5-2-7-19-8-6-17-10-19/h3-4,6,8-11,18H,2,5,7H2,1H3. The van der Waals surface area contributed by atoms with Gasteiger partial charge in [0.2, 0.25) is 0 Å². The summed E-state index contributed by atoms with van der Waals surface area (Å²) in [5.41, 5.74) is 0.907. The fourth-order valence-electron chi connectivity index (χ4n) is 1.90. The molecule has 0 bridgehead atoms. The summed E-state index contributed by atoms with van der Waals surface area (Å²) >= 11 is 5.67. The molecule has 0 aliphatic heterocycles. The van der Waals surface area contributed by atoms with Crippen LogP contribution in [0.5, 0.6) is 0 Å². The number of imidazole rings is 1. The van der Waals surface area contributed by atoms with Crippen molar-refractivity contribution in [1.29, 1.82) is 0 Å². The van der Waals surface area contributed by atoms with Gasteiger partial charge in [0.1, 0.15) is 5.82 Å². The molecule has 1 N–H and O–H groups in total. The molecule has 5 heteroatoms. The normalized spacial score (nSPS) is 12.6. The molecule has 1 unspecified atom stereocenters. The Balaban J connectivity index is 1.77. The van der Waals surface area contributed by atoms with E-state index in [0.717, 1.165) is 25.1 Å². The van der Waals surface area contributed by atoms with Gasteiger partial charge in [-0.05, 0) is 37.6 Å². The van der Waals surface area contributed by atoms with E-state index < -0.39 is 0 Å². The van der Waals surface area contributed by atoms with Gasteiger partial charge in [0.25, 0.3) is 0 Å². The zero-order valence-electron chi connectivity index (χ0n) is 10.8. The number of hydrogen-bond donors (Lipinski definition) is 1. The highest BCUT2D eigenvalue weighted by Crippen LogP contribution is 2.19. The van der Waals surface area contributed by atoms with Crippen LogP contribution in [0.3, 0.4) is 0 Å². The number of nitrogens with zero attached hydrogens (tertiary/aromatic N) is 2. The van der Waals surface area contributed by atoms with Crippen LogP contribution in [0.25, 0.3) is 0 Å². The van der Waals surface area contributed by atoms with Crippen molar-refractivity contribution in [3.63, 3.8) is 0 Å². The molecule has 19 heavy (non-hydrogen) atoms. The Morgan fingerprint density at radius 3 is 3.00 bits per heavy atom. The molecule has 0 spiro atoms. The minimum absolute atomic E-state index is 0.106. The third-order valence-electron chi connectivity index (χ3n) is 3.05. The van der Waals surface area contributed by atoms with E-state index in [1.54, 1.807) is 18.6 Å². The SMILES string of the molecule is CC(NCCCn1ccnc1)c1ccc(Cl)c(F)c1. The van der Waals surface area contributed by atoms with Crippen molar-refractivity contribution < 1.29 is 4.39 Å². The van der Waals surface area contributed by atoms with Gasteiger partial charge in [-0.3, -0.25) is 0 Å². The van der Waals surface area contributed by atoms with Gasteiger partial charge in [0.15, 0.2) is 0 Å². The predicted octanol–water partition coefficient (Wildman–Crippen LogP) is 3.42. The highest BCUT2D eigenvalue weighted by atomic mass is 35.5. The van der Waals surface area contributed by atoms with E-state index in [-0.39, 0.29) is 16.9 Å². The summed E-state index contributed by atoms with van der Waals surface area (Å²) in [6.07, 6.45) is 6.51. The van der Waals surface area contributed by atoms with Gasteiger partial charge < -0.3 is 9.88 Å². The second kappa shape index (κ2) is 6.68. The van der Waals surface area contributed by atoms with Gasteiger partial charge in [-0.15, -0.1) is 0 Å². The molecule has 0 radical (unpaired) electrons. The van der Waals surface area contributed by atoms with Crippen LogP contribution in [0.1, 0.15) is 24.9 Å². The van der Waals surface area contributed by atoms with Gasteiger partial charge in [0.05, 0.1) is 11.3 Å². The van der Waals surface area contributed by atoms with E-state index in [2.05, 4.69) is 10.3 Å². The molecule has 1 heterocycles. The lowest BCUT2D eigenvalue weighted by Gasteiger charge is -2.14. The Hall–Kier alpha value is -1.39. The molecule has 3 nitrogen and oxygen atoms in total. The summed E-state index contributed by atoms with van der Waals surface area (Å²) in [6.45, 7) is 3.80. The van der Waals surface area contributed by atoms with Gasteiger partial charge in [-0.2, -0.15) is 0 Å². The Bertz CT molecular complexity index is 513. The smallest absolute Gasteiger partial charge is 0.142 e. The van der Waals surface area contributed by atoms with Crippen molar-refractivity contribution >= 4 is 11.6 Å². The largest absolute Gasteiger partial charge is 0.337 e. The van der Waals surface area contributed by atoms with Crippen LogP contribution in [0, 0.1) is 5.82 Å². The summed E-state index contributed by atoms with van der Waals surface area (Å²) in [6, 6.07) is 5.03. The third-order valence-corrected chi connectivity index (χ3v) is 3.35. The Kier molecular flexibility index (Phi) is 4.93. The highest BCUT2D eigenvalue weighted by molar-refractivity contribution is 6.30. The summed E-state index contributed by atoms with van der Waals surface area (Å²) in [5.74, 6) is -0.369. The molecule has 102 valence electrons. The fraction of sp³-hybridized carbons (Fsp3) is 0.357. The topological polar surface area (TPSA) is 29.9 Å². The lowest BCUT2D eigenvalue weighted by Crippen LogP contribution is -2.21. The van der Waals surface area contributed by atoms with Gasteiger partial charge in [-0.1, -0.05) is 17.7 Å². The van der Waals surface area contributed by atoms with Crippen LogP contribution >= 0.6 is 11.6 Å². The molecular weight excluding hydrogens is 265 g/mol. The number of nitrogens with one attached hydrogen (secondary N) is 1. The third kappa shape index (κ3) is 4.04. The molecule has 0 fully saturated rings. The molecule has 0 aliphatic carbocycles. The number of halogens is 2. The Morgan fingerprint density at radius 1 is 1.47 bits per heavy atom. The zero-order valence-corrected chi connectivity index (χ0v) is 11.6. The summed E-state index contributed by atoms with van der Waals surface area (Å²) in [7, 11) is 0. The first-order chi connectivity index (χ1) is 9.16. The second-order valence-electron chi connectivity index (χ2n) is 4.50. The van der Waals surface area contributed by atoms with Crippen LogP contribution < -0.4 is 5.32 Å². The highest BCUT2D eigenvalue weighted by Gasteiger charge is 2.07. The van der Waals surface area contributed by atoms with Crippen molar-refractivity contribution in [2.24, 2.45) is 0 Å². The van der Waals surface area contributed by atoms with Gasteiger partial charge >= 0.3 is 0 Å². The van der Waals surface area contributed by atoms with Crippen molar-refractivity contribution in [2.75, 3.05) is 6.54 Å². The maximum absolute atomic E-state index is 13.3. The zero-order chi connectivity index (χ0) is 13.7. The molecule has 1 atom stereocenters. The second-order valence-corrected chi connectivity index (χ2v) is 4.91. The van der Waals surface area contributed by atoms with Crippen LogP contribution in [0.2, 0.25) is 5.02 Å². The van der Waals surface area contributed by atoms with Crippen molar-refractivity contribution in [1.82, 2.24) is 14.9 Å². The number of aromatic nitrogens is 2. The molecule has 0 aliphatic rings. The minimum atomic E-state index is -0.369. The molecule has 1 aromatic carbocycles. The minimum Gasteiger partial charge on any atom is -0.337 e. The van der Waals surface area contributed by atoms with Gasteiger partial charge in [0, 0.05) is 25.0 Å². The molecule has 2 aromatic rings. The number of benzene rings is 1. The van der Waals surface area contributed by atoms with E-state index in [9.17, 15) is 4.39 Å². The predicted molar refractivity (Wildman–Crippen MR) is 74.7 cm³/mol. The van der Waals surface area contributed by atoms with E-state index in [0.29, 0.717) is 0 Å². The molecule has 0 saturated heterocycles. The summed E-state index contributed by atoms with van der Waals surface area (Å²) in [5, 5.41) is 3.53. The lowest BCUT2D eigenvalue weighted by atomic mass is 10.1. The number of hydrogen-bond acceptors (Lipinski definition) is 2. The van der Waals surface area contributed by atoms with Crippen LogP contribution in [0.15, 0.2) is 36.9 Å². The van der Waals surface area contributed by atoms with Crippen LogP contribution in [-0.2, 0) is 6.54 Å². The van der Waals surface area contributed by atoms with E-state index >= 15 is 0 Å². The number of rotatable bonds is 6. The summed E-state index contributed by atoms with van der Waals surface area (Å²) < 4.78 is 15.4. The molecule has 2 rings (SSSR count). The first kappa shape index (κ1) is 14.0. The van der Waals surface area contributed by atoms with E-state index in [1.807, 2.05) is 23.8 Å². The Labute approximate surface area is 117 Å². The van der Waals surface area contributed by atoms with E-state index in [1.165, 1.54) is 6.07 Å². The maximum atomic E-state index is 13.3. The van der Waals surface area contributed by atoms with Crippen molar-refractivity contribution in [2.45, 2.75) is 25.9 Å². The molecule has 0 amide bonds. The first-order valence-electron chi connectivity index (χ1n) is 6.31. The van der Waals surface area contributed by atoms with E-state index in [4.69, 9.17) is 11.6 Å². The fourth-order valence-corrected chi connectivity index (χ4v) is 2.02.